The van der Waals surface area contributed by atoms with E-state index >= 15 is 0 Å². The van der Waals surface area contributed by atoms with E-state index in [4.69, 9.17) is 0 Å². The first-order chi connectivity index (χ1) is 11.2. The zero-order valence-corrected chi connectivity index (χ0v) is 14.6. The van der Waals surface area contributed by atoms with Gasteiger partial charge in [-0.1, -0.05) is 13.8 Å². The van der Waals surface area contributed by atoms with Gasteiger partial charge in [-0.3, -0.25) is 4.79 Å². The summed E-state index contributed by atoms with van der Waals surface area (Å²) in [5.74, 6) is -1.60. The number of carbonyl (C=O) groups excluding carboxylic acids is 1. The summed E-state index contributed by atoms with van der Waals surface area (Å²) in [6.07, 6.45) is 1.11. The van der Waals surface area contributed by atoms with Crippen LogP contribution in [0.2, 0.25) is 0 Å². The summed E-state index contributed by atoms with van der Waals surface area (Å²) in [5, 5.41) is 0. The van der Waals surface area contributed by atoms with Crippen LogP contribution >= 0.6 is 0 Å². The lowest BCUT2D eigenvalue weighted by Crippen LogP contribution is -2.43. The lowest BCUT2D eigenvalue weighted by atomic mass is 9.92. The predicted octanol–water partition coefficient (Wildman–Crippen LogP) is 2.14. The fraction of sp³-hybridized carbons (Fsp3) is 0.562. The first kappa shape index (κ1) is 18.8. The first-order valence-corrected chi connectivity index (χ1v) is 9.40. The second-order valence-corrected chi connectivity index (χ2v) is 8.24. The Balaban J connectivity index is 1.90. The van der Waals surface area contributed by atoms with Crippen molar-refractivity contribution in [2.24, 2.45) is 11.8 Å². The molecule has 24 heavy (non-hydrogen) atoms. The average Bonchev–Trinajstić information content (AvgIpc) is 2.48. The van der Waals surface area contributed by atoms with Crippen LogP contribution in [0.1, 0.15) is 26.7 Å². The number of amides is 1. The van der Waals surface area contributed by atoms with E-state index in [0.717, 1.165) is 18.6 Å². The number of sulfonamides is 1. The third-order valence-electron chi connectivity index (χ3n) is 4.05. The molecule has 134 valence electrons. The molecule has 0 aromatic heterocycles. The molecular formula is C16H22F2N2O3S. The van der Waals surface area contributed by atoms with Crippen LogP contribution in [0.5, 0.6) is 0 Å². The second-order valence-electron chi connectivity index (χ2n) is 6.47. The average molecular weight is 360 g/mol. The van der Waals surface area contributed by atoms with Crippen molar-refractivity contribution in [1.29, 1.82) is 0 Å². The van der Waals surface area contributed by atoms with E-state index in [9.17, 15) is 22.0 Å². The van der Waals surface area contributed by atoms with Gasteiger partial charge in [-0.05, 0) is 36.5 Å². The van der Waals surface area contributed by atoms with Gasteiger partial charge < -0.3 is 4.90 Å². The highest BCUT2D eigenvalue weighted by molar-refractivity contribution is 7.89. The Morgan fingerprint density at radius 1 is 1.21 bits per heavy atom. The topological polar surface area (TPSA) is 66.5 Å². The van der Waals surface area contributed by atoms with Gasteiger partial charge in [-0.15, -0.1) is 0 Å². The minimum Gasteiger partial charge on any atom is -0.342 e. The van der Waals surface area contributed by atoms with Gasteiger partial charge in [0.15, 0.2) is 11.6 Å². The minimum absolute atomic E-state index is 0.0301. The maximum atomic E-state index is 13.1. The van der Waals surface area contributed by atoms with Crippen molar-refractivity contribution < 1.29 is 22.0 Å². The third-order valence-corrected chi connectivity index (χ3v) is 5.51. The summed E-state index contributed by atoms with van der Waals surface area (Å²) in [6.45, 7) is 5.45. The highest BCUT2D eigenvalue weighted by atomic mass is 32.2. The molecule has 2 atom stereocenters. The molecule has 1 saturated heterocycles. The van der Waals surface area contributed by atoms with E-state index in [2.05, 4.69) is 18.6 Å². The van der Waals surface area contributed by atoms with Crippen LogP contribution in [0.3, 0.4) is 0 Å². The lowest BCUT2D eigenvalue weighted by Gasteiger charge is -2.35. The summed E-state index contributed by atoms with van der Waals surface area (Å²) in [7, 11) is -3.97. The van der Waals surface area contributed by atoms with Gasteiger partial charge in [-0.2, -0.15) is 0 Å². The monoisotopic (exact) mass is 360 g/mol. The van der Waals surface area contributed by atoms with Crippen LogP contribution in [0.25, 0.3) is 0 Å². The lowest BCUT2D eigenvalue weighted by molar-refractivity contribution is -0.133. The molecule has 0 bridgehead atoms. The Labute approximate surface area is 141 Å². The van der Waals surface area contributed by atoms with Gasteiger partial charge in [0.05, 0.1) is 4.90 Å². The molecule has 1 heterocycles. The van der Waals surface area contributed by atoms with Crippen LogP contribution in [-0.4, -0.2) is 38.9 Å². The standard InChI is InChI=1S/C16H22F2N2O3S/c1-11-7-12(2)10-20(9-11)16(21)5-6-19-24(22,23)13-3-4-14(17)15(18)8-13/h3-4,8,11-12,19H,5-7,9-10H2,1-2H3. The van der Waals surface area contributed by atoms with E-state index in [0.29, 0.717) is 31.0 Å². The molecule has 0 aliphatic carbocycles. The molecule has 1 fully saturated rings. The summed E-state index contributed by atoms with van der Waals surface area (Å²) in [5.41, 5.74) is 0. The Hall–Kier alpha value is -1.54. The van der Waals surface area contributed by atoms with Crippen molar-refractivity contribution in [2.75, 3.05) is 19.6 Å². The molecule has 2 rings (SSSR count). The zero-order valence-electron chi connectivity index (χ0n) is 13.8. The molecule has 0 radical (unpaired) electrons. The van der Waals surface area contributed by atoms with Crippen LogP contribution in [0, 0.1) is 23.5 Å². The number of benzene rings is 1. The second kappa shape index (κ2) is 7.57. The number of hydrogen-bond acceptors (Lipinski definition) is 3. The number of nitrogens with zero attached hydrogens (tertiary/aromatic N) is 1. The fourth-order valence-electron chi connectivity index (χ4n) is 3.04. The number of hydrogen-bond donors (Lipinski definition) is 1. The molecule has 1 aliphatic rings. The molecule has 1 amide bonds. The van der Waals surface area contributed by atoms with E-state index in [1.54, 1.807) is 4.90 Å². The Kier molecular flexibility index (Phi) is 5.92. The Bertz CT molecular complexity index is 699. The molecule has 2 unspecified atom stereocenters. The molecule has 5 nitrogen and oxygen atoms in total. The smallest absolute Gasteiger partial charge is 0.240 e. The number of carbonyl (C=O) groups is 1. The Morgan fingerprint density at radius 3 is 2.42 bits per heavy atom. The number of rotatable bonds is 5. The van der Waals surface area contributed by atoms with Gasteiger partial charge >= 0.3 is 0 Å². The molecule has 1 N–H and O–H groups in total. The van der Waals surface area contributed by atoms with E-state index < -0.39 is 21.7 Å². The minimum atomic E-state index is -3.97. The molecule has 1 aromatic rings. The molecule has 1 aliphatic heterocycles. The third kappa shape index (κ3) is 4.73. The molecule has 0 saturated carbocycles. The summed E-state index contributed by atoms with van der Waals surface area (Å²) in [6, 6.07) is 2.36. The van der Waals surface area contributed by atoms with Crippen molar-refractivity contribution in [3.63, 3.8) is 0 Å². The van der Waals surface area contributed by atoms with Crippen LogP contribution < -0.4 is 4.72 Å². The Morgan fingerprint density at radius 2 is 1.83 bits per heavy atom. The van der Waals surface area contributed by atoms with E-state index in [1.807, 2.05) is 0 Å². The quantitative estimate of drug-likeness (QED) is 0.875. The number of piperidine rings is 1. The zero-order chi connectivity index (χ0) is 17.9. The van der Waals surface area contributed by atoms with Gasteiger partial charge in [0, 0.05) is 26.1 Å². The van der Waals surface area contributed by atoms with Crippen molar-refractivity contribution in [3.8, 4) is 0 Å². The van der Waals surface area contributed by atoms with Crippen LogP contribution in [0.15, 0.2) is 23.1 Å². The van der Waals surface area contributed by atoms with Gasteiger partial charge in [-0.25, -0.2) is 21.9 Å². The van der Waals surface area contributed by atoms with E-state index in [1.165, 1.54) is 0 Å². The molecular weight excluding hydrogens is 338 g/mol. The van der Waals surface area contributed by atoms with Crippen LogP contribution in [-0.2, 0) is 14.8 Å². The normalized spacial score (nSPS) is 21.8. The van der Waals surface area contributed by atoms with Gasteiger partial charge in [0.25, 0.3) is 0 Å². The fourth-order valence-corrected chi connectivity index (χ4v) is 4.09. The maximum absolute atomic E-state index is 13.1. The maximum Gasteiger partial charge on any atom is 0.240 e. The number of likely N-dealkylation sites (tertiary alicyclic amines) is 1. The number of nitrogens with one attached hydrogen (secondary N) is 1. The van der Waals surface area contributed by atoms with Crippen molar-refractivity contribution in [1.82, 2.24) is 9.62 Å². The van der Waals surface area contributed by atoms with Gasteiger partial charge in [0.1, 0.15) is 0 Å². The summed E-state index contributed by atoms with van der Waals surface area (Å²) < 4.78 is 52.3. The predicted molar refractivity (Wildman–Crippen MR) is 85.7 cm³/mol. The van der Waals surface area contributed by atoms with Crippen LogP contribution in [0.4, 0.5) is 8.78 Å². The highest BCUT2D eigenvalue weighted by Gasteiger charge is 2.25. The van der Waals surface area contributed by atoms with Crippen molar-refractivity contribution in [2.45, 2.75) is 31.6 Å². The molecule has 8 heteroatoms. The summed E-state index contributed by atoms with van der Waals surface area (Å²) >= 11 is 0. The molecule has 1 aromatic carbocycles. The van der Waals surface area contributed by atoms with Crippen molar-refractivity contribution in [3.05, 3.63) is 29.8 Å². The van der Waals surface area contributed by atoms with E-state index in [-0.39, 0.29) is 23.8 Å². The molecule has 0 spiro atoms. The first-order valence-electron chi connectivity index (χ1n) is 7.91. The van der Waals surface area contributed by atoms with Crippen molar-refractivity contribution >= 4 is 15.9 Å². The summed E-state index contributed by atoms with van der Waals surface area (Å²) in [4.78, 5) is 13.6. The SMILES string of the molecule is CC1CC(C)CN(C(=O)CCNS(=O)(=O)c2ccc(F)c(F)c2)C1. The number of halogens is 2. The largest absolute Gasteiger partial charge is 0.342 e. The van der Waals surface area contributed by atoms with Gasteiger partial charge in [0.2, 0.25) is 15.9 Å². The highest BCUT2D eigenvalue weighted by Crippen LogP contribution is 2.21.